The van der Waals surface area contributed by atoms with E-state index >= 15 is 0 Å². The van der Waals surface area contributed by atoms with Crippen LogP contribution in [0, 0.1) is 0 Å². The first-order chi connectivity index (χ1) is 16.5. The lowest BCUT2D eigenvalue weighted by Gasteiger charge is -2.18. The van der Waals surface area contributed by atoms with Crippen molar-refractivity contribution in [1.82, 2.24) is 15.3 Å². The molecule has 1 heterocycles. The maximum Gasteiger partial charge on any atom is 0.319 e. The van der Waals surface area contributed by atoms with Crippen molar-refractivity contribution in [2.45, 2.75) is 30.9 Å². The number of carbonyl (C=O) groups excluding carboxylic acids is 1. The molecule has 1 aliphatic rings. The molecule has 2 amide bonds. The lowest BCUT2D eigenvalue weighted by molar-refractivity contribution is 0.148. The first-order valence-electron chi connectivity index (χ1n) is 10.5. The van der Waals surface area contributed by atoms with Gasteiger partial charge in [0.15, 0.2) is 15.7 Å². The summed E-state index contributed by atoms with van der Waals surface area (Å²) in [4.78, 5) is 20.3. The standard InChI is InChI=1S/C23H24ClF2N5O3S/c1-3-5-16(24)17(4-2)35(33,34)23(10-11-23)18-12-20(27)31-21(30-18)14-6-8-15(9-7-14)29-22(32)28-13-19(25)26/h3-9,12,19H,2,10-11,13H2,1H3,(H2,27,30,31)(H2,28,29,32)/b5-3-,17-16-. The van der Waals surface area contributed by atoms with Crippen LogP contribution >= 0.6 is 11.6 Å². The summed E-state index contributed by atoms with van der Waals surface area (Å²) in [6.07, 6.45) is 2.33. The van der Waals surface area contributed by atoms with Crippen LogP contribution in [0.5, 0.6) is 0 Å². The van der Waals surface area contributed by atoms with E-state index in [4.69, 9.17) is 17.3 Å². The third-order valence-corrected chi connectivity index (χ3v) is 8.33. The predicted octanol–water partition coefficient (Wildman–Crippen LogP) is 4.73. The van der Waals surface area contributed by atoms with Crippen LogP contribution in [0.3, 0.4) is 0 Å². The number of anilines is 2. The summed E-state index contributed by atoms with van der Waals surface area (Å²) >= 11 is 6.21. The molecule has 12 heteroatoms. The minimum absolute atomic E-state index is 0.0525. The number of halogens is 3. The molecule has 4 N–H and O–H groups in total. The van der Waals surface area contributed by atoms with Gasteiger partial charge in [0, 0.05) is 17.3 Å². The van der Waals surface area contributed by atoms with Crippen LogP contribution in [0.25, 0.3) is 11.4 Å². The largest absolute Gasteiger partial charge is 0.384 e. The molecule has 1 aromatic heterocycles. The number of nitrogen functional groups attached to an aromatic ring is 1. The molecule has 1 saturated carbocycles. The van der Waals surface area contributed by atoms with Crippen LogP contribution in [0.4, 0.5) is 25.1 Å². The number of rotatable bonds is 9. The Morgan fingerprint density at radius 1 is 1.29 bits per heavy atom. The Kier molecular flexibility index (Phi) is 7.91. The number of nitrogens with zero attached hydrogens (tertiary/aromatic N) is 2. The van der Waals surface area contributed by atoms with E-state index in [-0.39, 0.29) is 27.3 Å². The van der Waals surface area contributed by atoms with E-state index in [0.717, 1.165) is 0 Å². The highest BCUT2D eigenvalue weighted by Gasteiger charge is 2.58. The molecular weight excluding hydrogens is 500 g/mol. The number of sulfone groups is 1. The predicted molar refractivity (Wildman–Crippen MR) is 133 cm³/mol. The molecule has 8 nitrogen and oxygen atoms in total. The summed E-state index contributed by atoms with van der Waals surface area (Å²) in [7, 11) is -3.94. The minimum atomic E-state index is -3.94. The van der Waals surface area contributed by atoms with Crippen molar-refractivity contribution in [3.05, 3.63) is 70.8 Å². The molecule has 1 aromatic carbocycles. The second kappa shape index (κ2) is 10.5. The Morgan fingerprint density at radius 2 is 1.94 bits per heavy atom. The quantitative estimate of drug-likeness (QED) is 0.408. The zero-order chi connectivity index (χ0) is 25.8. The molecule has 0 saturated heterocycles. The zero-order valence-electron chi connectivity index (χ0n) is 18.8. The van der Waals surface area contributed by atoms with Crippen LogP contribution in [-0.4, -0.2) is 37.4 Å². The normalized spacial score (nSPS) is 15.6. The van der Waals surface area contributed by atoms with E-state index in [1.807, 2.05) is 5.32 Å². The number of nitrogens with two attached hydrogens (primary N) is 1. The van der Waals surface area contributed by atoms with Gasteiger partial charge >= 0.3 is 6.03 Å². The molecule has 1 fully saturated rings. The summed E-state index contributed by atoms with van der Waals surface area (Å²) < 4.78 is 50.2. The fourth-order valence-electron chi connectivity index (χ4n) is 3.43. The molecular formula is C23H24ClF2N5O3S. The van der Waals surface area contributed by atoms with Crippen molar-refractivity contribution >= 4 is 39.0 Å². The van der Waals surface area contributed by atoms with Crippen LogP contribution < -0.4 is 16.4 Å². The van der Waals surface area contributed by atoms with Crippen molar-refractivity contribution in [1.29, 1.82) is 0 Å². The molecule has 186 valence electrons. The maximum atomic E-state index is 13.5. The molecule has 0 bridgehead atoms. The average molecular weight is 524 g/mol. The van der Waals surface area contributed by atoms with E-state index in [9.17, 15) is 22.0 Å². The van der Waals surface area contributed by atoms with E-state index in [1.54, 1.807) is 25.1 Å². The minimum Gasteiger partial charge on any atom is -0.384 e. The summed E-state index contributed by atoms with van der Waals surface area (Å²) in [6.45, 7) is 4.56. The Morgan fingerprint density at radius 3 is 2.49 bits per heavy atom. The lowest BCUT2D eigenvalue weighted by Crippen LogP contribution is -2.32. The Hall–Kier alpha value is -3.31. The van der Waals surface area contributed by atoms with Crippen LogP contribution in [0.2, 0.25) is 0 Å². The number of carbonyl (C=O) groups is 1. The van der Waals surface area contributed by atoms with Crippen molar-refractivity contribution in [2.24, 2.45) is 0 Å². The monoisotopic (exact) mass is 523 g/mol. The van der Waals surface area contributed by atoms with E-state index in [0.29, 0.717) is 24.1 Å². The van der Waals surface area contributed by atoms with Crippen molar-refractivity contribution in [3.8, 4) is 11.4 Å². The molecule has 0 spiro atoms. The number of aromatic nitrogens is 2. The lowest BCUT2D eigenvalue weighted by atomic mass is 10.1. The summed E-state index contributed by atoms with van der Waals surface area (Å²) in [5.41, 5.74) is 7.10. The van der Waals surface area contributed by atoms with Crippen LogP contribution in [0.15, 0.2) is 65.1 Å². The van der Waals surface area contributed by atoms with Gasteiger partial charge in [-0.15, -0.1) is 0 Å². The molecule has 3 rings (SSSR count). The molecule has 0 radical (unpaired) electrons. The highest BCUT2D eigenvalue weighted by Crippen LogP contribution is 2.55. The van der Waals surface area contributed by atoms with E-state index in [2.05, 4.69) is 21.9 Å². The van der Waals surface area contributed by atoms with Gasteiger partial charge < -0.3 is 16.4 Å². The number of hydrogen-bond acceptors (Lipinski definition) is 6. The summed E-state index contributed by atoms with van der Waals surface area (Å²) in [5, 5.41) is 4.52. The summed E-state index contributed by atoms with van der Waals surface area (Å²) in [6, 6.07) is 6.90. The third-order valence-electron chi connectivity index (χ3n) is 5.27. The van der Waals surface area contributed by atoms with Crippen LogP contribution in [0.1, 0.15) is 25.5 Å². The molecule has 35 heavy (non-hydrogen) atoms. The average Bonchev–Trinajstić information content (AvgIpc) is 3.61. The number of allylic oxidation sites excluding steroid dienone is 4. The van der Waals surface area contributed by atoms with E-state index < -0.39 is 33.6 Å². The van der Waals surface area contributed by atoms with Crippen molar-refractivity contribution < 1.29 is 22.0 Å². The van der Waals surface area contributed by atoms with Crippen molar-refractivity contribution in [2.75, 3.05) is 17.6 Å². The van der Waals surface area contributed by atoms with Gasteiger partial charge in [-0.25, -0.2) is 32.0 Å². The molecule has 1 aliphatic carbocycles. The Bertz CT molecular complexity index is 1290. The van der Waals surface area contributed by atoms with Gasteiger partial charge in [-0.1, -0.05) is 24.3 Å². The zero-order valence-corrected chi connectivity index (χ0v) is 20.3. The fourth-order valence-corrected chi connectivity index (χ4v) is 5.92. The molecule has 0 atom stereocenters. The van der Waals surface area contributed by atoms with Gasteiger partial charge in [-0.2, -0.15) is 0 Å². The van der Waals surface area contributed by atoms with Gasteiger partial charge in [0.05, 0.1) is 22.2 Å². The highest BCUT2D eigenvalue weighted by molar-refractivity contribution is 7.96. The second-order valence-corrected chi connectivity index (χ2v) is 10.4. The number of benzene rings is 1. The fraction of sp³-hybridized carbons (Fsp3) is 0.261. The number of amides is 2. The van der Waals surface area contributed by atoms with E-state index in [1.165, 1.54) is 30.4 Å². The third kappa shape index (κ3) is 5.68. The maximum absolute atomic E-state index is 13.5. The summed E-state index contributed by atoms with van der Waals surface area (Å²) in [5.74, 6) is 0.280. The number of urea groups is 1. The number of alkyl halides is 2. The van der Waals surface area contributed by atoms with Gasteiger partial charge in [-0.3, -0.25) is 0 Å². The SMILES string of the molecule is C=C/C(=C(Cl)\C=C/C)S(=O)(=O)C1(c2cc(N)nc(-c3ccc(NC(=O)NCC(F)F)cc3)n2)CC1. The Balaban J connectivity index is 1.92. The number of nitrogens with one attached hydrogen (secondary N) is 2. The van der Waals surface area contributed by atoms with Gasteiger partial charge in [-0.05, 0) is 56.2 Å². The number of hydrogen-bond donors (Lipinski definition) is 3. The van der Waals surface area contributed by atoms with Gasteiger partial charge in [0.1, 0.15) is 10.6 Å². The van der Waals surface area contributed by atoms with Crippen molar-refractivity contribution in [3.63, 3.8) is 0 Å². The molecule has 2 aromatic rings. The molecule has 0 aliphatic heterocycles. The topological polar surface area (TPSA) is 127 Å². The van der Waals surface area contributed by atoms with Gasteiger partial charge in [0.2, 0.25) is 0 Å². The molecule has 0 unspecified atom stereocenters. The van der Waals surface area contributed by atoms with Crippen LogP contribution in [-0.2, 0) is 14.6 Å². The second-order valence-electron chi connectivity index (χ2n) is 7.72. The Labute approximate surface area is 206 Å². The first kappa shape index (κ1) is 26.3. The smallest absolute Gasteiger partial charge is 0.319 e. The highest BCUT2D eigenvalue weighted by atomic mass is 35.5. The van der Waals surface area contributed by atoms with Gasteiger partial charge in [0.25, 0.3) is 6.43 Å². The first-order valence-corrected chi connectivity index (χ1v) is 12.4.